The number of aromatic nitrogens is 1. The van der Waals surface area contributed by atoms with Gasteiger partial charge in [0.1, 0.15) is 11.6 Å². The minimum atomic E-state index is 0.904. The van der Waals surface area contributed by atoms with Crippen LogP contribution in [0.3, 0.4) is 0 Å². The molecule has 0 amide bonds. The van der Waals surface area contributed by atoms with Crippen molar-refractivity contribution in [2.75, 3.05) is 43.1 Å². The average Bonchev–Trinajstić information content (AvgIpc) is 3.10. The zero-order chi connectivity index (χ0) is 15.6. The maximum Gasteiger partial charge on any atom is 0.130 e. The highest BCUT2D eigenvalue weighted by Gasteiger charge is 2.18. The predicted octanol–water partition coefficient (Wildman–Crippen LogP) is 3.63. The first kappa shape index (κ1) is 14.3. The number of thiophene rings is 1. The van der Waals surface area contributed by atoms with Crippen molar-refractivity contribution >= 4 is 32.9 Å². The Hall–Kier alpha value is -2.27. The summed E-state index contributed by atoms with van der Waals surface area (Å²) in [5.41, 5.74) is 1.26. The van der Waals surface area contributed by atoms with E-state index in [1.807, 2.05) is 18.3 Å². The molecule has 4 rings (SSSR count). The van der Waals surface area contributed by atoms with Crippen LogP contribution in [0.25, 0.3) is 10.1 Å². The van der Waals surface area contributed by atoms with Gasteiger partial charge >= 0.3 is 0 Å². The number of hydrogen-bond donors (Lipinski definition) is 0. The van der Waals surface area contributed by atoms with E-state index < -0.39 is 0 Å². The Morgan fingerprint density at radius 1 is 1.00 bits per heavy atom. The van der Waals surface area contributed by atoms with Gasteiger partial charge in [0.15, 0.2) is 0 Å². The Morgan fingerprint density at radius 3 is 2.48 bits per heavy atom. The van der Waals surface area contributed by atoms with Gasteiger partial charge in [-0.05, 0) is 41.8 Å². The highest BCUT2D eigenvalue weighted by molar-refractivity contribution is 7.17. The Bertz CT molecular complexity index is 791. The van der Waals surface area contributed by atoms with Crippen LogP contribution in [0.5, 0.6) is 5.75 Å². The van der Waals surface area contributed by atoms with Gasteiger partial charge < -0.3 is 14.5 Å². The zero-order valence-electron chi connectivity index (χ0n) is 13.1. The molecule has 2 aromatic heterocycles. The molecule has 3 heterocycles. The second-order valence-electron chi connectivity index (χ2n) is 5.67. The van der Waals surface area contributed by atoms with Gasteiger partial charge in [-0.1, -0.05) is 0 Å². The molecule has 5 heteroatoms. The summed E-state index contributed by atoms with van der Waals surface area (Å²) in [6.07, 6.45) is 1.98. The Labute approximate surface area is 139 Å². The van der Waals surface area contributed by atoms with Crippen LogP contribution in [-0.2, 0) is 0 Å². The van der Waals surface area contributed by atoms with Crippen LogP contribution < -0.4 is 14.5 Å². The van der Waals surface area contributed by atoms with E-state index in [4.69, 9.17) is 4.74 Å². The van der Waals surface area contributed by atoms with Gasteiger partial charge in [0.05, 0.1) is 7.11 Å². The SMILES string of the molecule is COc1ccc(N2CCN(c3cc4sccc4cn3)CC2)cc1. The summed E-state index contributed by atoms with van der Waals surface area (Å²) in [6.45, 7) is 4.01. The van der Waals surface area contributed by atoms with Crippen molar-refractivity contribution in [3.63, 3.8) is 0 Å². The maximum absolute atomic E-state index is 5.23. The molecule has 4 nitrogen and oxygen atoms in total. The topological polar surface area (TPSA) is 28.6 Å². The largest absolute Gasteiger partial charge is 0.497 e. The third kappa shape index (κ3) is 2.84. The third-order valence-electron chi connectivity index (χ3n) is 4.36. The van der Waals surface area contributed by atoms with Crippen LogP contribution in [0.2, 0.25) is 0 Å². The summed E-state index contributed by atoms with van der Waals surface area (Å²) in [5.74, 6) is 2.00. The molecule has 1 aliphatic rings. The molecule has 1 saturated heterocycles. The summed E-state index contributed by atoms with van der Waals surface area (Å²) in [5, 5.41) is 3.35. The van der Waals surface area contributed by atoms with Crippen LogP contribution in [0.15, 0.2) is 48.0 Å². The molecular weight excluding hydrogens is 306 g/mol. The second kappa shape index (κ2) is 6.08. The lowest BCUT2D eigenvalue weighted by molar-refractivity contribution is 0.415. The molecule has 23 heavy (non-hydrogen) atoms. The number of nitrogens with zero attached hydrogens (tertiary/aromatic N) is 3. The van der Waals surface area contributed by atoms with Crippen LogP contribution in [-0.4, -0.2) is 38.3 Å². The molecule has 0 N–H and O–H groups in total. The van der Waals surface area contributed by atoms with E-state index in [2.05, 4.69) is 44.4 Å². The molecule has 118 valence electrons. The number of benzene rings is 1. The molecule has 0 radical (unpaired) electrons. The summed E-state index contributed by atoms with van der Waals surface area (Å²) >= 11 is 1.78. The lowest BCUT2D eigenvalue weighted by atomic mass is 10.2. The smallest absolute Gasteiger partial charge is 0.130 e. The fourth-order valence-corrected chi connectivity index (χ4v) is 3.80. The van der Waals surface area contributed by atoms with Crippen molar-refractivity contribution in [1.29, 1.82) is 0 Å². The zero-order valence-corrected chi connectivity index (χ0v) is 13.9. The van der Waals surface area contributed by atoms with E-state index in [1.54, 1.807) is 18.4 Å². The maximum atomic E-state index is 5.23. The highest BCUT2D eigenvalue weighted by atomic mass is 32.1. The molecule has 1 aliphatic heterocycles. The Kier molecular flexibility index (Phi) is 3.79. The standard InChI is InChI=1S/C18H19N3OS/c1-22-16-4-2-15(3-5-16)20-7-9-21(10-8-20)18-12-17-14(13-19-18)6-11-23-17/h2-6,11-13H,7-10H2,1H3. The van der Waals surface area contributed by atoms with Gasteiger partial charge in [-0.3, -0.25) is 0 Å². The lowest BCUT2D eigenvalue weighted by Gasteiger charge is -2.36. The number of pyridine rings is 1. The summed E-state index contributed by atoms with van der Waals surface area (Å²) in [4.78, 5) is 9.41. The Balaban J connectivity index is 1.45. The van der Waals surface area contributed by atoms with Crippen molar-refractivity contribution in [1.82, 2.24) is 4.98 Å². The molecule has 1 fully saturated rings. The molecule has 0 bridgehead atoms. The molecule has 3 aromatic rings. The van der Waals surface area contributed by atoms with Crippen LogP contribution in [0.4, 0.5) is 11.5 Å². The minimum Gasteiger partial charge on any atom is -0.497 e. The number of anilines is 2. The van der Waals surface area contributed by atoms with Gasteiger partial charge in [0.25, 0.3) is 0 Å². The normalized spacial score (nSPS) is 15.2. The molecular formula is C18H19N3OS. The average molecular weight is 325 g/mol. The van der Waals surface area contributed by atoms with Crippen molar-refractivity contribution in [2.45, 2.75) is 0 Å². The van der Waals surface area contributed by atoms with Gasteiger partial charge in [-0.2, -0.15) is 0 Å². The Morgan fingerprint density at radius 2 is 1.74 bits per heavy atom. The van der Waals surface area contributed by atoms with Gasteiger partial charge in [0, 0.05) is 48.1 Å². The molecule has 0 saturated carbocycles. The van der Waals surface area contributed by atoms with Crippen LogP contribution in [0.1, 0.15) is 0 Å². The van der Waals surface area contributed by atoms with E-state index in [0.29, 0.717) is 0 Å². The number of methoxy groups -OCH3 is 1. The second-order valence-corrected chi connectivity index (χ2v) is 6.62. The van der Waals surface area contributed by atoms with Crippen molar-refractivity contribution in [3.05, 3.63) is 48.0 Å². The van der Waals surface area contributed by atoms with Gasteiger partial charge in [-0.25, -0.2) is 4.98 Å². The van der Waals surface area contributed by atoms with E-state index in [1.165, 1.54) is 15.8 Å². The first-order chi connectivity index (χ1) is 11.3. The molecule has 0 unspecified atom stereocenters. The van der Waals surface area contributed by atoms with Crippen molar-refractivity contribution in [3.8, 4) is 5.75 Å². The number of rotatable bonds is 3. The van der Waals surface area contributed by atoms with Crippen molar-refractivity contribution in [2.24, 2.45) is 0 Å². The number of piperazine rings is 1. The molecule has 0 atom stereocenters. The van der Waals surface area contributed by atoms with Gasteiger partial charge in [0.2, 0.25) is 0 Å². The third-order valence-corrected chi connectivity index (χ3v) is 5.24. The fraction of sp³-hybridized carbons (Fsp3) is 0.278. The highest BCUT2D eigenvalue weighted by Crippen LogP contribution is 2.26. The molecule has 0 aliphatic carbocycles. The number of fused-ring (bicyclic) bond motifs is 1. The van der Waals surface area contributed by atoms with E-state index >= 15 is 0 Å². The summed E-state index contributed by atoms with van der Waals surface area (Å²) in [7, 11) is 1.70. The van der Waals surface area contributed by atoms with Crippen molar-refractivity contribution < 1.29 is 4.74 Å². The van der Waals surface area contributed by atoms with E-state index in [9.17, 15) is 0 Å². The molecule has 1 aromatic carbocycles. The van der Waals surface area contributed by atoms with E-state index in [-0.39, 0.29) is 0 Å². The summed E-state index contributed by atoms with van der Waals surface area (Å²) in [6, 6.07) is 12.6. The lowest BCUT2D eigenvalue weighted by Crippen LogP contribution is -2.46. The van der Waals surface area contributed by atoms with Gasteiger partial charge in [-0.15, -0.1) is 11.3 Å². The van der Waals surface area contributed by atoms with Crippen LogP contribution >= 0.6 is 11.3 Å². The number of hydrogen-bond acceptors (Lipinski definition) is 5. The fourth-order valence-electron chi connectivity index (χ4n) is 3.00. The van der Waals surface area contributed by atoms with E-state index in [0.717, 1.165) is 37.7 Å². The monoisotopic (exact) mass is 325 g/mol. The minimum absolute atomic E-state index is 0.904. The summed E-state index contributed by atoms with van der Waals surface area (Å²) < 4.78 is 6.54. The first-order valence-corrected chi connectivity index (χ1v) is 8.69. The molecule has 0 spiro atoms. The van der Waals surface area contributed by atoms with Crippen LogP contribution in [0, 0.1) is 0 Å². The quantitative estimate of drug-likeness (QED) is 0.735. The first-order valence-electron chi connectivity index (χ1n) is 7.81. The predicted molar refractivity (Wildman–Crippen MR) is 97.0 cm³/mol. The number of ether oxygens (including phenoxy) is 1.